The third-order valence-corrected chi connectivity index (χ3v) is 34.8. The number of fused-ring (bicyclic) bond motifs is 3. The fourth-order valence-electron chi connectivity index (χ4n) is 12.8. The van der Waals surface area contributed by atoms with E-state index in [4.69, 9.17) is 19.1 Å². The fourth-order valence-corrected chi connectivity index (χ4v) is 24.7. The Morgan fingerprint density at radius 3 is 1.00 bits per heavy atom. The van der Waals surface area contributed by atoms with Crippen molar-refractivity contribution in [2.45, 2.75) is 55.4 Å². The average Bonchev–Trinajstić information content (AvgIpc) is 0.819. The van der Waals surface area contributed by atoms with Crippen LogP contribution in [0, 0.1) is 17.5 Å². The first-order valence-corrected chi connectivity index (χ1v) is 56.5. The van der Waals surface area contributed by atoms with E-state index >= 15 is 0 Å². The molecule has 744 valence electrons. The van der Waals surface area contributed by atoms with Gasteiger partial charge in [-0.15, -0.1) is 37.7 Å². The van der Waals surface area contributed by atoms with Gasteiger partial charge in [-0.3, -0.25) is 28.1 Å². The number of methoxy groups -OCH3 is 3. The van der Waals surface area contributed by atoms with Gasteiger partial charge < -0.3 is 23.5 Å². The molecule has 0 amide bonds. The first kappa shape index (κ1) is 116. The molecule has 24 nitrogen and oxygen atoms in total. The number of carbonyl (C=O) groups excluding carboxylic acids is 3. The molecular formula is C93H76Cl2F12N7NaO17P2PdS6Si. The molecule has 10 aromatic carbocycles. The van der Waals surface area contributed by atoms with Crippen molar-refractivity contribution in [3.8, 4) is 28.6 Å². The zero-order chi connectivity index (χ0) is 103. The number of pyridine rings is 3. The number of thiazole rings is 3. The number of sulfonamides is 2. The third kappa shape index (κ3) is 29.1. The quantitative estimate of drug-likeness (QED) is 0.0130. The van der Waals surface area contributed by atoms with Crippen LogP contribution in [0.15, 0.2) is 322 Å². The summed E-state index contributed by atoms with van der Waals surface area (Å²) in [6.45, 7) is 6.97. The summed E-state index contributed by atoms with van der Waals surface area (Å²) < 4.78 is 239. The number of para-hydroxylation sites is 1. The zero-order valence-corrected chi connectivity index (χ0v) is 87.6. The summed E-state index contributed by atoms with van der Waals surface area (Å²) in [5.41, 5.74) is -19.2. The number of ether oxygens (including phenoxy) is 3. The number of nitrogens with zero attached hydrogens (tertiary/aromatic N) is 7. The summed E-state index contributed by atoms with van der Waals surface area (Å²) in [4.78, 5) is 86.0. The van der Waals surface area contributed by atoms with Crippen molar-refractivity contribution in [1.82, 2.24) is 28.7 Å². The maximum Gasteiger partial charge on any atom is 1.00 e. The summed E-state index contributed by atoms with van der Waals surface area (Å²) in [6, 6.07) is 89.3. The molecule has 0 aliphatic rings. The van der Waals surface area contributed by atoms with Gasteiger partial charge in [0, 0.05) is 8.80 Å². The van der Waals surface area contributed by atoms with Crippen molar-refractivity contribution >= 4 is 194 Å². The van der Waals surface area contributed by atoms with Crippen molar-refractivity contribution in [3.63, 3.8) is 0 Å². The van der Waals surface area contributed by atoms with Crippen LogP contribution in [0.25, 0.3) is 48.1 Å². The molecule has 0 bridgehead atoms. The van der Waals surface area contributed by atoms with Crippen LogP contribution >= 0.6 is 68.9 Å². The van der Waals surface area contributed by atoms with E-state index in [0.717, 1.165) is 81.9 Å². The van der Waals surface area contributed by atoms with E-state index in [1.165, 1.54) is 145 Å². The molecule has 0 saturated carbocycles. The first-order chi connectivity index (χ1) is 67.0. The van der Waals surface area contributed by atoms with E-state index in [9.17, 15) is 112 Å². The number of rotatable bonds is 20. The third-order valence-electron chi connectivity index (χ3n) is 19.4. The molecule has 0 aliphatic heterocycles. The summed E-state index contributed by atoms with van der Waals surface area (Å²) in [7, 11) is -8.16. The topological polar surface area (TPSA) is 322 Å². The summed E-state index contributed by atoms with van der Waals surface area (Å²) in [6.07, 6.45) is 0. The minimum Gasteiger partial charge on any atom is -0.0622 e. The first-order valence-electron chi connectivity index (χ1n) is 40.5. The van der Waals surface area contributed by atoms with Crippen molar-refractivity contribution in [2.24, 2.45) is 0 Å². The van der Waals surface area contributed by atoms with Gasteiger partial charge in [-0.2, -0.15) is 64.8 Å². The minimum absolute atomic E-state index is 0. The normalized spacial score (nSPS) is 11.3. The van der Waals surface area contributed by atoms with Gasteiger partial charge in [-0.25, -0.2) is 42.5 Å². The molecule has 6 aromatic heterocycles. The van der Waals surface area contributed by atoms with Crippen molar-refractivity contribution < 1.29 is 161 Å². The molecule has 0 spiro atoms. The molecule has 16 rings (SSSR count). The standard InChI is InChI=1S/2C18H15P.C15H8F4N2O6S2.C14H9FN2O4S.C14H9FN2O3S.C8H5F6NO4S2.C6H16Si.2ClH.Na.Pd/c2*1-4-10-16(11-5-1)19(17-12-6-2-7-13-17)18-14-8-3-9-15-18;1-26-14(23)9-11(27-29(24,25)15(17,18)19)10-13(28-6-20-10)21(12(9)22)8-4-2-7(16)3-5-8;1-21-14(20)9-11(18)10-13(22-6-16-10)17(12(9)19)8-4-2-7(15)3-5-8;1-20-14(19)10-6-11-13(21-7-16-11)17(12(10)18)9-4-2-8(15)3-5-9;9-7(10,11)20(16,17)15(6-4-2-1-3-5-6)21(18,19)8(12,13)14;1-4-7(5-2)6-3;;;;/h2*1-15H;2-6H,1H3;2-6,18H,1H3;2-7H,1H3;1-5H;7H,4-6H2,1-3H3;2*1H;;/q;;;;;;;;;+1;+2/p-3. The Kier molecular flexibility index (Phi) is 43.7. The average molecular weight is 2270 g/mol. The predicted octanol–water partition coefficient (Wildman–Crippen LogP) is 16.2. The number of aromatic nitrogens is 6. The van der Waals surface area contributed by atoms with Crippen molar-refractivity contribution in [3.05, 3.63) is 373 Å². The molecular weight excluding hydrogens is 2200 g/mol. The van der Waals surface area contributed by atoms with Gasteiger partial charge >= 0.3 is 129 Å². The molecule has 0 radical (unpaired) electrons. The van der Waals surface area contributed by atoms with Crippen LogP contribution in [0.3, 0.4) is 0 Å². The SMILES string of the molecule is CC[SiH](CC)CC.COC(=O)c1c(OS(=O)(=O)C(F)(F)F)c2ncsc2n(-c2ccc(F)cc2)c1=O.COC(=O)c1c([O-])c2ncsc2n(-c2ccc(F)cc2)c1=O.COC(=O)c1cc2ncsc2n(-c2ccc(F)cc2)c1=O.O=S(=O)(N(c1ccccc1)S(=O)(=O)C(F)(F)F)C(F)(F)F.[Cl][Pd][Cl].[Na+].c1ccc(P(c2ccccc2)c2ccccc2)cc1.c1ccc(P(c2ccccc2)c2ccccc2)cc1. The van der Waals surface area contributed by atoms with Gasteiger partial charge in [0.1, 0.15) is 48.6 Å². The van der Waals surface area contributed by atoms with E-state index in [2.05, 4.69) is 236 Å². The Hall–Kier alpha value is -11.1. The van der Waals surface area contributed by atoms with E-state index in [1.807, 2.05) is 0 Å². The molecule has 142 heavy (non-hydrogen) atoms. The number of benzene rings is 10. The Morgan fingerprint density at radius 2 is 0.697 bits per heavy atom. The number of hydrogen-bond donors (Lipinski definition) is 0. The Balaban J connectivity index is 0.000000205. The molecule has 16 aromatic rings. The van der Waals surface area contributed by atoms with Gasteiger partial charge in [0.25, 0.3) is 16.7 Å². The van der Waals surface area contributed by atoms with E-state index in [-0.39, 0.29) is 80.7 Å². The van der Waals surface area contributed by atoms with Gasteiger partial charge in [0.2, 0.25) is 0 Å². The molecule has 49 heteroatoms. The van der Waals surface area contributed by atoms with E-state index < -0.39 is 152 Å². The number of hydrogen-bond acceptors (Lipinski definition) is 23. The van der Waals surface area contributed by atoms with Crippen LogP contribution in [0.2, 0.25) is 18.1 Å². The second-order valence-corrected chi connectivity index (χ2v) is 46.9. The number of carbonyl (C=O) groups is 3. The number of esters is 3. The van der Waals surface area contributed by atoms with Crippen molar-refractivity contribution in [1.29, 1.82) is 0 Å². The Bertz CT molecular complexity index is 7110. The molecule has 0 atom stereocenters. The van der Waals surface area contributed by atoms with Gasteiger partial charge in [-0.1, -0.05) is 245 Å². The zero-order valence-electron chi connectivity index (χ0n) is 74.7. The maximum atomic E-state index is 13.2. The fraction of sp³-hybridized carbons (Fsp3) is 0.129. The molecule has 0 saturated heterocycles. The smallest absolute Gasteiger partial charge is 0.0622 e. The number of anilines is 1. The predicted molar refractivity (Wildman–Crippen MR) is 524 cm³/mol. The summed E-state index contributed by atoms with van der Waals surface area (Å²) in [5, 5.41) is 20.6. The molecule has 0 aliphatic carbocycles. The summed E-state index contributed by atoms with van der Waals surface area (Å²) >= 11 is 2.98. The molecule has 0 unspecified atom stereocenters. The Morgan fingerprint density at radius 1 is 0.415 bits per heavy atom. The Labute approximate surface area is 858 Å². The van der Waals surface area contributed by atoms with Crippen LogP contribution in [-0.4, -0.2) is 118 Å². The number of halogens is 14. The summed E-state index contributed by atoms with van der Waals surface area (Å²) in [5.74, 6) is -6.70. The largest absolute Gasteiger partial charge is 1.00 e. The second-order valence-electron chi connectivity index (χ2n) is 28.1. The van der Waals surface area contributed by atoms with Crippen LogP contribution in [0.1, 0.15) is 51.8 Å². The monoisotopic (exact) mass is 2270 g/mol. The van der Waals surface area contributed by atoms with Crippen LogP contribution in [-0.2, 0) is 60.3 Å². The van der Waals surface area contributed by atoms with Crippen LogP contribution in [0.4, 0.5) is 58.4 Å². The van der Waals surface area contributed by atoms with E-state index in [1.54, 1.807) is 5.51 Å². The molecule has 6 heterocycles. The van der Waals surface area contributed by atoms with Gasteiger partial charge in [0.05, 0.1) is 71.6 Å². The number of alkyl halides is 9. The van der Waals surface area contributed by atoms with Gasteiger partial charge in [0.15, 0.2) is 11.3 Å². The van der Waals surface area contributed by atoms with Crippen molar-refractivity contribution in [2.75, 3.05) is 25.0 Å². The minimum atomic E-state index is -6.81. The van der Waals surface area contributed by atoms with E-state index in [0.29, 0.717) is 33.9 Å². The van der Waals surface area contributed by atoms with Gasteiger partial charge in [-0.05, 0) is 139 Å². The van der Waals surface area contributed by atoms with Crippen LogP contribution < -0.4 is 91.1 Å². The second kappa shape index (κ2) is 53.4. The van der Waals surface area contributed by atoms with Crippen LogP contribution in [0.5, 0.6) is 11.5 Å². The molecule has 0 fully saturated rings. The molecule has 0 N–H and O–H groups in total. The maximum absolute atomic E-state index is 13.2.